The highest BCUT2D eigenvalue weighted by Gasteiger charge is 2.37. The molecule has 1 atom stereocenters. The van der Waals surface area contributed by atoms with E-state index in [2.05, 4.69) is 16.7 Å². The van der Waals surface area contributed by atoms with E-state index >= 15 is 0 Å². The molecule has 1 aliphatic rings. The Bertz CT molecular complexity index is 1440. The van der Waals surface area contributed by atoms with Crippen molar-refractivity contribution < 1.29 is 23.7 Å². The van der Waals surface area contributed by atoms with Crippen LogP contribution in [0.15, 0.2) is 99.3 Å². The van der Waals surface area contributed by atoms with Gasteiger partial charge in [0.25, 0.3) is 5.69 Å². The van der Waals surface area contributed by atoms with E-state index in [0.29, 0.717) is 22.2 Å². The van der Waals surface area contributed by atoms with E-state index in [4.69, 9.17) is 9.15 Å². The van der Waals surface area contributed by atoms with Gasteiger partial charge >= 0.3 is 5.97 Å². The van der Waals surface area contributed by atoms with Crippen molar-refractivity contribution in [2.24, 2.45) is 0 Å². The third-order valence-corrected chi connectivity index (χ3v) is 6.63. The van der Waals surface area contributed by atoms with Crippen LogP contribution in [0.4, 0.5) is 11.4 Å². The largest absolute Gasteiger partial charge is 0.468 e. The second-order valence-electron chi connectivity index (χ2n) is 8.17. The third-order valence-electron chi connectivity index (χ3n) is 5.62. The molecule has 0 saturated heterocycles. The summed E-state index contributed by atoms with van der Waals surface area (Å²) in [6, 6.07) is 20.2. The molecular weight excluding hydrogens is 508 g/mol. The van der Waals surface area contributed by atoms with Crippen molar-refractivity contribution in [1.82, 2.24) is 5.32 Å². The van der Waals surface area contributed by atoms with E-state index < -0.39 is 16.8 Å². The number of thioether (sulfide) groups is 1. The molecule has 0 unspecified atom stereocenters. The van der Waals surface area contributed by atoms with Crippen LogP contribution >= 0.6 is 11.8 Å². The Morgan fingerprint density at radius 1 is 1.16 bits per heavy atom. The van der Waals surface area contributed by atoms with Gasteiger partial charge in [0.15, 0.2) is 0 Å². The number of nitro benzene ring substituents is 1. The molecule has 1 aliphatic heterocycles. The number of furan rings is 1. The van der Waals surface area contributed by atoms with Crippen molar-refractivity contribution in [3.05, 3.63) is 116 Å². The smallest absolute Gasteiger partial charge is 0.337 e. The van der Waals surface area contributed by atoms with Gasteiger partial charge in [-0.2, -0.15) is 5.26 Å². The van der Waals surface area contributed by atoms with Crippen LogP contribution in [0.3, 0.4) is 0 Å². The number of non-ortho nitro benzene ring substituents is 1. The number of dihydropyridines is 1. The van der Waals surface area contributed by atoms with Crippen molar-refractivity contribution in [3.63, 3.8) is 0 Å². The van der Waals surface area contributed by atoms with Crippen molar-refractivity contribution in [1.29, 1.82) is 5.26 Å². The van der Waals surface area contributed by atoms with Gasteiger partial charge in [-0.1, -0.05) is 42.1 Å². The quantitative estimate of drug-likeness (QED) is 0.221. The van der Waals surface area contributed by atoms with Crippen LogP contribution in [0.5, 0.6) is 0 Å². The van der Waals surface area contributed by atoms with Crippen LogP contribution in [-0.4, -0.2) is 22.6 Å². The van der Waals surface area contributed by atoms with Gasteiger partial charge in [0.1, 0.15) is 12.4 Å². The number of hydrogen-bond acceptors (Lipinski definition) is 9. The fraction of sp³-hybridized carbons (Fsp3) is 0.148. The van der Waals surface area contributed by atoms with Gasteiger partial charge in [-0.3, -0.25) is 14.9 Å². The van der Waals surface area contributed by atoms with Gasteiger partial charge < -0.3 is 19.8 Å². The van der Waals surface area contributed by atoms with E-state index in [1.165, 1.54) is 30.5 Å². The maximum absolute atomic E-state index is 13.2. The number of amides is 1. The molecule has 4 rings (SSSR count). The molecule has 0 fully saturated rings. The van der Waals surface area contributed by atoms with Crippen LogP contribution < -0.4 is 10.6 Å². The van der Waals surface area contributed by atoms with Gasteiger partial charge in [0.05, 0.1) is 45.1 Å². The molecular formula is C27H22N4O6S. The minimum atomic E-state index is -0.820. The van der Waals surface area contributed by atoms with Crippen molar-refractivity contribution in [3.8, 4) is 6.07 Å². The highest BCUT2D eigenvalue weighted by molar-refractivity contribution is 8.03. The average molecular weight is 531 g/mol. The number of rotatable bonds is 9. The lowest BCUT2D eigenvalue weighted by atomic mass is 9.86. The summed E-state index contributed by atoms with van der Waals surface area (Å²) in [6.07, 6.45) is 1.46. The van der Waals surface area contributed by atoms with E-state index in [9.17, 15) is 25.0 Å². The first-order valence-corrected chi connectivity index (χ1v) is 12.4. The molecule has 38 heavy (non-hydrogen) atoms. The molecule has 1 amide bonds. The number of esters is 1. The Hall–Kier alpha value is -4.82. The summed E-state index contributed by atoms with van der Waals surface area (Å²) in [5, 5.41) is 27.0. The van der Waals surface area contributed by atoms with Crippen LogP contribution in [0.2, 0.25) is 0 Å². The third kappa shape index (κ3) is 6.11. The van der Waals surface area contributed by atoms with Crippen LogP contribution in [-0.2, 0) is 20.9 Å². The summed E-state index contributed by atoms with van der Waals surface area (Å²) >= 11 is 1.09. The monoisotopic (exact) mass is 530 g/mol. The number of nitrogens with zero attached hydrogens (tertiary/aromatic N) is 2. The minimum Gasteiger partial charge on any atom is -0.468 e. The lowest BCUT2D eigenvalue weighted by Gasteiger charge is -2.27. The SMILES string of the molecule is CC1=C(C(=O)OCc2ccccc2)[C@H](c2ccco2)C(C#N)=C(SCC(=O)Nc2ccc([N+](=O)[O-])cc2)N1. The Kier molecular flexibility index (Phi) is 8.25. The first kappa shape index (κ1) is 26.2. The van der Waals surface area contributed by atoms with Crippen molar-refractivity contribution >= 4 is 35.0 Å². The molecule has 0 saturated carbocycles. The predicted octanol–water partition coefficient (Wildman–Crippen LogP) is 5.00. The number of nitriles is 1. The summed E-state index contributed by atoms with van der Waals surface area (Å²) in [5.74, 6) is -1.45. The minimum absolute atomic E-state index is 0.0591. The number of hydrogen-bond donors (Lipinski definition) is 2. The van der Waals surface area contributed by atoms with Gasteiger partial charge in [0, 0.05) is 23.5 Å². The predicted molar refractivity (Wildman–Crippen MR) is 140 cm³/mol. The normalized spacial score (nSPS) is 14.9. The molecule has 2 aromatic carbocycles. The van der Waals surface area contributed by atoms with E-state index in [1.807, 2.05) is 30.3 Å². The molecule has 1 aromatic heterocycles. The molecule has 2 heterocycles. The number of ether oxygens (including phenoxy) is 1. The maximum Gasteiger partial charge on any atom is 0.337 e. The first-order chi connectivity index (χ1) is 18.4. The number of carbonyl (C=O) groups excluding carboxylic acids is 2. The zero-order valence-electron chi connectivity index (χ0n) is 20.2. The van der Waals surface area contributed by atoms with E-state index in [1.54, 1.807) is 19.1 Å². The average Bonchev–Trinajstić information content (AvgIpc) is 3.46. The fourth-order valence-electron chi connectivity index (χ4n) is 3.84. The zero-order valence-corrected chi connectivity index (χ0v) is 21.0. The Balaban J connectivity index is 1.51. The summed E-state index contributed by atoms with van der Waals surface area (Å²) in [4.78, 5) is 36.0. The Morgan fingerprint density at radius 3 is 2.53 bits per heavy atom. The van der Waals surface area contributed by atoms with Crippen LogP contribution in [0.25, 0.3) is 0 Å². The number of benzene rings is 2. The summed E-state index contributed by atoms with van der Waals surface area (Å²) in [6.45, 7) is 1.76. The molecule has 10 nitrogen and oxygen atoms in total. The van der Waals surface area contributed by atoms with Crippen molar-refractivity contribution in [2.45, 2.75) is 19.4 Å². The fourth-order valence-corrected chi connectivity index (χ4v) is 4.73. The second kappa shape index (κ2) is 11.9. The van der Waals surface area contributed by atoms with Gasteiger partial charge in [0.2, 0.25) is 5.91 Å². The maximum atomic E-state index is 13.2. The van der Waals surface area contributed by atoms with Gasteiger partial charge in [-0.05, 0) is 36.8 Å². The van der Waals surface area contributed by atoms with E-state index in [0.717, 1.165) is 17.3 Å². The standard InChI is InChI=1S/C27H22N4O6S/c1-17-24(27(33)37-15-18-6-3-2-4-7-18)25(22-8-5-13-36-22)21(14-28)26(29-17)38-16-23(32)30-19-9-11-20(12-10-19)31(34)35/h2-13,25,29H,15-16H2,1H3,(H,30,32)/t25-/m0/s1. The summed E-state index contributed by atoms with van der Waals surface area (Å²) in [5.41, 5.74) is 2.07. The first-order valence-electron chi connectivity index (χ1n) is 11.4. The molecule has 2 N–H and O–H groups in total. The Labute approximate surface area is 222 Å². The van der Waals surface area contributed by atoms with Gasteiger partial charge in [-0.25, -0.2) is 4.79 Å². The van der Waals surface area contributed by atoms with Crippen molar-refractivity contribution in [2.75, 3.05) is 11.1 Å². The lowest BCUT2D eigenvalue weighted by molar-refractivity contribution is -0.384. The van der Waals surface area contributed by atoms with E-state index in [-0.39, 0.29) is 35.1 Å². The second-order valence-corrected chi connectivity index (χ2v) is 9.15. The summed E-state index contributed by atoms with van der Waals surface area (Å²) < 4.78 is 11.1. The number of anilines is 1. The topological polar surface area (TPSA) is 148 Å². The van der Waals surface area contributed by atoms with Gasteiger partial charge in [-0.15, -0.1) is 0 Å². The number of nitro groups is 1. The lowest BCUT2D eigenvalue weighted by Crippen LogP contribution is -2.29. The van der Waals surface area contributed by atoms with Crippen LogP contribution in [0.1, 0.15) is 24.2 Å². The zero-order chi connectivity index (χ0) is 27.1. The highest BCUT2D eigenvalue weighted by Crippen LogP contribution is 2.41. The summed E-state index contributed by atoms with van der Waals surface area (Å²) in [7, 11) is 0. The number of allylic oxidation sites excluding steroid dienone is 2. The number of carbonyl (C=O) groups is 2. The Morgan fingerprint density at radius 2 is 1.89 bits per heavy atom. The van der Waals surface area contributed by atoms with Crippen LogP contribution in [0, 0.1) is 21.4 Å². The molecule has 0 aliphatic carbocycles. The number of nitrogens with one attached hydrogen (secondary N) is 2. The molecule has 192 valence electrons. The molecule has 3 aromatic rings. The molecule has 11 heteroatoms. The molecule has 0 bridgehead atoms. The molecule has 0 radical (unpaired) electrons. The highest BCUT2D eigenvalue weighted by atomic mass is 32.2. The molecule has 0 spiro atoms.